The van der Waals surface area contributed by atoms with Gasteiger partial charge in [-0.3, -0.25) is 4.79 Å². The van der Waals surface area contributed by atoms with Crippen LogP contribution < -0.4 is 5.73 Å². The van der Waals surface area contributed by atoms with Gasteiger partial charge in [-0.25, -0.2) is 0 Å². The van der Waals surface area contributed by atoms with Gasteiger partial charge in [-0.15, -0.1) is 4.91 Å². The molecule has 0 saturated heterocycles. The second-order valence-corrected chi connectivity index (χ2v) is 4.08. The molecule has 0 bridgehead atoms. The Bertz CT molecular complexity index is 380. The van der Waals surface area contributed by atoms with Gasteiger partial charge in [-0.05, 0) is 36.7 Å². The molecule has 1 rings (SSSR count). The lowest BCUT2D eigenvalue weighted by molar-refractivity contribution is -0.122. The topological polar surface area (TPSA) is 72.5 Å². The van der Waals surface area contributed by atoms with Crippen molar-refractivity contribution in [2.45, 2.75) is 25.8 Å². The number of carbonyl (C=O) groups is 1. The van der Waals surface area contributed by atoms with E-state index in [1.807, 2.05) is 0 Å². The van der Waals surface area contributed by atoms with Crippen molar-refractivity contribution in [3.63, 3.8) is 0 Å². The van der Waals surface area contributed by atoms with Crippen molar-refractivity contribution in [3.8, 4) is 0 Å². The van der Waals surface area contributed by atoms with E-state index in [0.717, 1.165) is 5.56 Å². The van der Waals surface area contributed by atoms with E-state index in [1.165, 1.54) is 0 Å². The Hall–Kier alpha value is -1.55. The monoisotopic (exact) mass is 206 g/mol. The molecule has 0 aliphatic carbocycles. The van der Waals surface area contributed by atoms with Crippen LogP contribution in [-0.4, -0.2) is 11.3 Å². The molecule has 2 N–H and O–H groups in total. The van der Waals surface area contributed by atoms with Crippen LogP contribution in [0.4, 0.5) is 5.69 Å². The van der Waals surface area contributed by atoms with Crippen molar-refractivity contribution in [3.05, 3.63) is 34.7 Å². The standard InChI is InChI=1S/C11H14N2O2/c1-11(2,12)10(14)7-8-4-3-5-9(6-8)13-15/h3-6H,7,12H2,1-2H3. The van der Waals surface area contributed by atoms with E-state index in [2.05, 4.69) is 5.18 Å². The first-order chi connectivity index (χ1) is 6.93. The van der Waals surface area contributed by atoms with Crippen molar-refractivity contribution in [2.75, 3.05) is 0 Å². The molecule has 80 valence electrons. The fourth-order valence-corrected chi connectivity index (χ4v) is 1.14. The zero-order chi connectivity index (χ0) is 11.5. The summed E-state index contributed by atoms with van der Waals surface area (Å²) in [6.07, 6.45) is 0.229. The quantitative estimate of drug-likeness (QED) is 0.765. The minimum atomic E-state index is -0.843. The van der Waals surface area contributed by atoms with Gasteiger partial charge in [-0.2, -0.15) is 0 Å². The highest BCUT2D eigenvalue weighted by Gasteiger charge is 2.21. The maximum absolute atomic E-state index is 11.6. The molecule has 0 heterocycles. The van der Waals surface area contributed by atoms with Gasteiger partial charge < -0.3 is 5.73 Å². The van der Waals surface area contributed by atoms with Gasteiger partial charge in [0.05, 0.1) is 5.54 Å². The lowest BCUT2D eigenvalue weighted by atomic mass is 9.95. The molecule has 0 fully saturated rings. The predicted molar refractivity (Wildman–Crippen MR) is 58.9 cm³/mol. The Kier molecular flexibility index (Phi) is 3.31. The van der Waals surface area contributed by atoms with E-state index in [0.29, 0.717) is 5.69 Å². The van der Waals surface area contributed by atoms with E-state index in [4.69, 9.17) is 5.73 Å². The molecule has 0 aliphatic heterocycles. The van der Waals surface area contributed by atoms with Crippen molar-refractivity contribution in [1.82, 2.24) is 0 Å². The van der Waals surface area contributed by atoms with Crippen LogP contribution >= 0.6 is 0 Å². The summed E-state index contributed by atoms with van der Waals surface area (Å²) >= 11 is 0. The van der Waals surface area contributed by atoms with Crippen molar-refractivity contribution < 1.29 is 4.79 Å². The summed E-state index contributed by atoms with van der Waals surface area (Å²) in [4.78, 5) is 21.9. The van der Waals surface area contributed by atoms with Gasteiger partial charge in [0.2, 0.25) is 0 Å². The molecule has 0 spiro atoms. The van der Waals surface area contributed by atoms with E-state index >= 15 is 0 Å². The number of nitrogens with two attached hydrogens (primary N) is 1. The SMILES string of the molecule is CC(C)(N)C(=O)Cc1cccc(N=O)c1. The minimum Gasteiger partial charge on any atom is -0.319 e. The lowest BCUT2D eigenvalue weighted by Gasteiger charge is -2.16. The normalized spacial score (nSPS) is 11.1. The molecule has 0 radical (unpaired) electrons. The number of Topliss-reactive ketones (excluding diaryl/α,β-unsaturated/α-hetero) is 1. The minimum absolute atomic E-state index is 0.0643. The maximum atomic E-state index is 11.6. The van der Waals surface area contributed by atoms with Gasteiger partial charge in [-0.1, -0.05) is 12.1 Å². The molecule has 1 aromatic carbocycles. The molecule has 4 heteroatoms. The smallest absolute Gasteiger partial charge is 0.156 e. The lowest BCUT2D eigenvalue weighted by Crippen LogP contribution is -2.42. The first kappa shape index (κ1) is 11.5. The highest BCUT2D eigenvalue weighted by Crippen LogP contribution is 2.15. The van der Waals surface area contributed by atoms with Crippen LogP contribution in [0.3, 0.4) is 0 Å². The number of rotatable bonds is 4. The fourth-order valence-electron chi connectivity index (χ4n) is 1.14. The second kappa shape index (κ2) is 4.31. The van der Waals surface area contributed by atoms with Gasteiger partial charge >= 0.3 is 0 Å². The molecular formula is C11H14N2O2. The van der Waals surface area contributed by atoms with Crippen LogP contribution in [0.2, 0.25) is 0 Å². The number of carbonyl (C=O) groups excluding carboxylic acids is 1. The van der Waals surface area contributed by atoms with Crippen molar-refractivity contribution in [2.24, 2.45) is 10.9 Å². The Labute approximate surface area is 88.5 Å². The van der Waals surface area contributed by atoms with Gasteiger partial charge in [0, 0.05) is 6.42 Å². The summed E-state index contributed by atoms with van der Waals surface area (Å²) in [6, 6.07) is 6.66. The first-order valence-electron chi connectivity index (χ1n) is 4.68. The summed E-state index contributed by atoms with van der Waals surface area (Å²) in [5.41, 5.74) is 5.91. The Morgan fingerprint density at radius 1 is 1.47 bits per heavy atom. The third-order valence-electron chi connectivity index (χ3n) is 2.10. The Balaban J connectivity index is 2.81. The van der Waals surface area contributed by atoms with Crippen LogP contribution in [0, 0.1) is 4.91 Å². The third-order valence-corrected chi connectivity index (χ3v) is 2.10. The van der Waals surface area contributed by atoms with Gasteiger partial charge in [0.25, 0.3) is 0 Å². The average molecular weight is 206 g/mol. The molecule has 0 aliphatic rings. The van der Waals surface area contributed by atoms with E-state index < -0.39 is 5.54 Å². The highest BCUT2D eigenvalue weighted by atomic mass is 16.3. The fraction of sp³-hybridized carbons (Fsp3) is 0.364. The van der Waals surface area contributed by atoms with E-state index in [1.54, 1.807) is 38.1 Å². The van der Waals surface area contributed by atoms with Gasteiger partial charge in [0.15, 0.2) is 5.78 Å². The number of ketones is 1. The van der Waals surface area contributed by atoms with Crippen molar-refractivity contribution >= 4 is 11.5 Å². The Morgan fingerprint density at radius 3 is 2.67 bits per heavy atom. The summed E-state index contributed by atoms with van der Waals surface area (Å²) in [6.45, 7) is 3.33. The molecule has 0 amide bonds. The first-order valence-corrected chi connectivity index (χ1v) is 4.68. The summed E-state index contributed by atoms with van der Waals surface area (Å²) in [5.74, 6) is -0.0643. The van der Waals surface area contributed by atoms with Crippen LogP contribution in [0.1, 0.15) is 19.4 Å². The van der Waals surface area contributed by atoms with Crippen LogP contribution in [0.25, 0.3) is 0 Å². The summed E-state index contributed by atoms with van der Waals surface area (Å²) in [5, 5.41) is 2.81. The molecule has 1 aromatic rings. The molecule has 0 atom stereocenters. The number of benzene rings is 1. The van der Waals surface area contributed by atoms with E-state index in [9.17, 15) is 9.70 Å². The number of hydrogen-bond donors (Lipinski definition) is 1. The Morgan fingerprint density at radius 2 is 2.13 bits per heavy atom. The molecule has 15 heavy (non-hydrogen) atoms. The molecule has 0 saturated carbocycles. The van der Waals surface area contributed by atoms with E-state index in [-0.39, 0.29) is 12.2 Å². The van der Waals surface area contributed by atoms with Crippen molar-refractivity contribution in [1.29, 1.82) is 0 Å². The second-order valence-electron chi connectivity index (χ2n) is 4.08. The maximum Gasteiger partial charge on any atom is 0.156 e. The third kappa shape index (κ3) is 3.25. The zero-order valence-electron chi connectivity index (χ0n) is 8.86. The average Bonchev–Trinajstić information content (AvgIpc) is 2.16. The zero-order valence-corrected chi connectivity index (χ0v) is 8.86. The number of hydrogen-bond acceptors (Lipinski definition) is 4. The summed E-state index contributed by atoms with van der Waals surface area (Å²) < 4.78 is 0. The number of nitroso groups, excluding NO2 is 1. The number of nitrogens with zero attached hydrogens (tertiary/aromatic N) is 1. The van der Waals surface area contributed by atoms with Crippen LogP contribution in [0.15, 0.2) is 29.4 Å². The molecular weight excluding hydrogens is 192 g/mol. The molecule has 0 unspecified atom stereocenters. The van der Waals surface area contributed by atoms with Crippen LogP contribution in [0.5, 0.6) is 0 Å². The highest BCUT2D eigenvalue weighted by molar-refractivity contribution is 5.89. The van der Waals surface area contributed by atoms with Gasteiger partial charge in [0.1, 0.15) is 5.69 Å². The van der Waals surface area contributed by atoms with Crippen LogP contribution in [-0.2, 0) is 11.2 Å². The molecule has 0 aromatic heterocycles. The predicted octanol–water partition coefficient (Wildman–Crippen LogP) is 1.93. The molecule has 4 nitrogen and oxygen atoms in total. The largest absolute Gasteiger partial charge is 0.319 e. The summed E-state index contributed by atoms with van der Waals surface area (Å²) in [7, 11) is 0.